The smallest absolute Gasteiger partial charge is 0.123 e. The van der Waals surface area contributed by atoms with Crippen molar-refractivity contribution < 1.29 is 4.39 Å². The number of hydrogen-bond donors (Lipinski definition) is 1. The van der Waals surface area contributed by atoms with Gasteiger partial charge in [-0.05, 0) is 36.6 Å². The van der Waals surface area contributed by atoms with E-state index in [0.29, 0.717) is 12.0 Å². The van der Waals surface area contributed by atoms with Crippen LogP contribution in [0, 0.1) is 11.7 Å². The number of likely N-dealkylation sites (N-methyl/N-ethyl adjacent to an activating group) is 1. The summed E-state index contributed by atoms with van der Waals surface area (Å²) in [6, 6.07) is 7.25. The first-order chi connectivity index (χ1) is 7.13. The van der Waals surface area contributed by atoms with Crippen molar-refractivity contribution in [2.75, 3.05) is 6.54 Å². The Morgan fingerprint density at radius 1 is 1.20 bits per heavy atom. The van der Waals surface area contributed by atoms with Gasteiger partial charge in [0.25, 0.3) is 0 Å². The van der Waals surface area contributed by atoms with Gasteiger partial charge in [0.1, 0.15) is 5.82 Å². The van der Waals surface area contributed by atoms with Gasteiger partial charge in [-0.25, -0.2) is 4.39 Å². The van der Waals surface area contributed by atoms with Crippen LogP contribution >= 0.6 is 0 Å². The highest BCUT2D eigenvalue weighted by Gasteiger charge is 2.12. The fourth-order valence-electron chi connectivity index (χ4n) is 1.68. The molecule has 0 spiro atoms. The molecule has 0 aliphatic rings. The molecule has 0 radical (unpaired) electrons. The average molecular weight is 209 g/mol. The van der Waals surface area contributed by atoms with Crippen molar-refractivity contribution in [1.29, 1.82) is 0 Å². The molecular formula is C13H20FN. The van der Waals surface area contributed by atoms with Crippen molar-refractivity contribution in [3.63, 3.8) is 0 Å². The fourth-order valence-corrected chi connectivity index (χ4v) is 1.68. The van der Waals surface area contributed by atoms with Crippen LogP contribution in [0.3, 0.4) is 0 Å². The summed E-state index contributed by atoms with van der Waals surface area (Å²) in [5.41, 5.74) is 1.19. The summed E-state index contributed by atoms with van der Waals surface area (Å²) >= 11 is 0. The van der Waals surface area contributed by atoms with Gasteiger partial charge in [-0.15, -0.1) is 0 Å². The molecule has 1 aromatic carbocycles. The number of benzene rings is 1. The topological polar surface area (TPSA) is 12.0 Å². The standard InChI is InChI=1S/C13H20FN/c1-4-15-13(10(2)3)9-11-5-7-12(14)8-6-11/h5-8,10,13,15H,4,9H2,1-3H3/t13-/m1/s1. The zero-order chi connectivity index (χ0) is 11.3. The summed E-state index contributed by atoms with van der Waals surface area (Å²) < 4.78 is 12.7. The normalized spacial score (nSPS) is 13.1. The molecule has 0 fully saturated rings. The molecule has 0 aliphatic carbocycles. The number of nitrogens with one attached hydrogen (secondary N) is 1. The van der Waals surface area contributed by atoms with E-state index in [1.165, 1.54) is 17.7 Å². The Hall–Kier alpha value is -0.890. The zero-order valence-electron chi connectivity index (χ0n) is 9.76. The lowest BCUT2D eigenvalue weighted by atomic mass is 9.96. The van der Waals surface area contributed by atoms with Crippen LogP contribution in [0.15, 0.2) is 24.3 Å². The molecule has 2 heteroatoms. The van der Waals surface area contributed by atoms with Crippen molar-refractivity contribution in [3.8, 4) is 0 Å². The summed E-state index contributed by atoms with van der Waals surface area (Å²) in [4.78, 5) is 0. The van der Waals surface area contributed by atoms with Crippen LogP contribution in [0.4, 0.5) is 4.39 Å². The van der Waals surface area contributed by atoms with Crippen molar-refractivity contribution in [1.82, 2.24) is 5.32 Å². The molecule has 1 rings (SSSR count). The van der Waals surface area contributed by atoms with E-state index in [2.05, 4.69) is 26.1 Å². The van der Waals surface area contributed by atoms with Gasteiger partial charge in [-0.3, -0.25) is 0 Å². The zero-order valence-corrected chi connectivity index (χ0v) is 9.76. The Labute approximate surface area is 91.7 Å². The molecule has 1 nitrogen and oxygen atoms in total. The number of hydrogen-bond acceptors (Lipinski definition) is 1. The molecule has 0 unspecified atom stereocenters. The maximum absolute atomic E-state index is 12.7. The van der Waals surface area contributed by atoms with E-state index in [0.717, 1.165) is 13.0 Å². The molecule has 84 valence electrons. The van der Waals surface area contributed by atoms with Gasteiger partial charge in [0.15, 0.2) is 0 Å². The second-order valence-electron chi connectivity index (χ2n) is 4.24. The minimum atomic E-state index is -0.164. The predicted molar refractivity (Wildman–Crippen MR) is 62.4 cm³/mol. The second-order valence-corrected chi connectivity index (χ2v) is 4.24. The Kier molecular flexibility index (Phi) is 4.76. The molecule has 1 N–H and O–H groups in total. The minimum Gasteiger partial charge on any atom is -0.314 e. The highest BCUT2D eigenvalue weighted by molar-refractivity contribution is 5.17. The largest absolute Gasteiger partial charge is 0.314 e. The Morgan fingerprint density at radius 3 is 2.27 bits per heavy atom. The first-order valence-corrected chi connectivity index (χ1v) is 5.61. The molecule has 0 amide bonds. The summed E-state index contributed by atoms with van der Waals surface area (Å²) in [5, 5.41) is 3.45. The molecule has 0 heterocycles. The van der Waals surface area contributed by atoms with E-state index < -0.39 is 0 Å². The molecule has 0 saturated carbocycles. The lowest BCUT2D eigenvalue weighted by Crippen LogP contribution is -2.35. The van der Waals surface area contributed by atoms with E-state index in [1.807, 2.05) is 12.1 Å². The van der Waals surface area contributed by atoms with Crippen molar-refractivity contribution in [3.05, 3.63) is 35.6 Å². The minimum absolute atomic E-state index is 0.164. The van der Waals surface area contributed by atoms with E-state index in [-0.39, 0.29) is 5.82 Å². The van der Waals surface area contributed by atoms with Crippen LogP contribution in [-0.2, 0) is 6.42 Å². The summed E-state index contributed by atoms with van der Waals surface area (Å²) in [6.07, 6.45) is 0.964. The van der Waals surface area contributed by atoms with Gasteiger partial charge >= 0.3 is 0 Å². The second kappa shape index (κ2) is 5.86. The summed E-state index contributed by atoms with van der Waals surface area (Å²) in [5.74, 6) is 0.429. The van der Waals surface area contributed by atoms with Gasteiger partial charge in [-0.1, -0.05) is 32.9 Å². The van der Waals surface area contributed by atoms with Crippen LogP contribution in [0.25, 0.3) is 0 Å². The van der Waals surface area contributed by atoms with Gasteiger partial charge < -0.3 is 5.32 Å². The van der Waals surface area contributed by atoms with Crippen LogP contribution in [-0.4, -0.2) is 12.6 Å². The number of rotatable bonds is 5. The van der Waals surface area contributed by atoms with Crippen LogP contribution in [0.1, 0.15) is 26.3 Å². The van der Waals surface area contributed by atoms with Crippen LogP contribution in [0.2, 0.25) is 0 Å². The lowest BCUT2D eigenvalue weighted by Gasteiger charge is -2.21. The summed E-state index contributed by atoms with van der Waals surface area (Å²) in [7, 11) is 0. The van der Waals surface area contributed by atoms with Crippen molar-refractivity contribution >= 4 is 0 Å². The molecular weight excluding hydrogens is 189 g/mol. The molecule has 0 aliphatic heterocycles. The first kappa shape index (κ1) is 12.2. The van der Waals surface area contributed by atoms with E-state index in [4.69, 9.17) is 0 Å². The predicted octanol–water partition coefficient (Wildman–Crippen LogP) is 3.00. The SMILES string of the molecule is CCN[C@H](Cc1ccc(F)cc1)C(C)C. The fraction of sp³-hybridized carbons (Fsp3) is 0.538. The molecule has 0 aromatic heterocycles. The average Bonchev–Trinajstić information content (AvgIpc) is 2.20. The van der Waals surface area contributed by atoms with Crippen molar-refractivity contribution in [2.45, 2.75) is 33.2 Å². The van der Waals surface area contributed by atoms with Crippen LogP contribution in [0.5, 0.6) is 0 Å². The quantitative estimate of drug-likeness (QED) is 0.786. The van der Waals surface area contributed by atoms with Crippen molar-refractivity contribution in [2.24, 2.45) is 5.92 Å². The maximum Gasteiger partial charge on any atom is 0.123 e. The maximum atomic E-state index is 12.7. The lowest BCUT2D eigenvalue weighted by molar-refractivity contribution is 0.405. The molecule has 0 bridgehead atoms. The van der Waals surface area contributed by atoms with E-state index in [9.17, 15) is 4.39 Å². The third kappa shape index (κ3) is 4.00. The Balaban J connectivity index is 2.61. The van der Waals surface area contributed by atoms with Gasteiger partial charge in [-0.2, -0.15) is 0 Å². The molecule has 1 aromatic rings. The van der Waals surface area contributed by atoms with E-state index in [1.54, 1.807) is 0 Å². The third-order valence-electron chi connectivity index (χ3n) is 2.64. The molecule has 0 saturated heterocycles. The molecule has 1 atom stereocenters. The number of halogens is 1. The first-order valence-electron chi connectivity index (χ1n) is 5.61. The highest BCUT2D eigenvalue weighted by atomic mass is 19.1. The third-order valence-corrected chi connectivity index (χ3v) is 2.64. The summed E-state index contributed by atoms with van der Waals surface area (Å²) in [6.45, 7) is 7.50. The van der Waals surface area contributed by atoms with Gasteiger partial charge in [0, 0.05) is 6.04 Å². The Morgan fingerprint density at radius 2 is 1.80 bits per heavy atom. The van der Waals surface area contributed by atoms with Gasteiger partial charge in [0.05, 0.1) is 0 Å². The van der Waals surface area contributed by atoms with E-state index >= 15 is 0 Å². The molecule has 15 heavy (non-hydrogen) atoms. The Bertz CT molecular complexity index is 279. The highest BCUT2D eigenvalue weighted by Crippen LogP contribution is 2.11. The van der Waals surface area contributed by atoms with Crippen LogP contribution < -0.4 is 5.32 Å². The monoisotopic (exact) mass is 209 g/mol. The van der Waals surface area contributed by atoms with Gasteiger partial charge in [0.2, 0.25) is 0 Å².